The Hall–Kier alpha value is -0.910. The smallest absolute Gasteiger partial charge is 0.410 e. The number of ether oxygens (including phenoxy) is 1. The van der Waals surface area contributed by atoms with Gasteiger partial charge in [-0.1, -0.05) is 0 Å². The summed E-state index contributed by atoms with van der Waals surface area (Å²) in [5.41, 5.74) is -2.75. The van der Waals surface area contributed by atoms with E-state index in [0.717, 1.165) is 4.90 Å². The Bertz CT molecular complexity index is 278. The first-order valence-corrected chi connectivity index (χ1v) is 5.12. The van der Waals surface area contributed by atoms with Crippen LogP contribution in [0.3, 0.4) is 0 Å². The minimum absolute atomic E-state index is 0.0930. The number of likely N-dealkylation sites (tertiary alicyclic amines) is 1. The summed E-state index contributed by atoms with van der Waals surface area (Å²) in [5, 5.41) is 9.49. The molecule has 1 heterocycles. The fourth-order valence-corrected chi connectivity index (χ4v) is 1.48. The first-order chi connectivity index (χ1) is 7.14. The van der Waals surface area contributed by atoms with Crippen molar-refractivity contribution < 1.29 is 23.4 Å². The number of alkyl halides is 2. The Labute approximate surface area is 93.2 Å². The second-order valence-electron chi connectivity index (χ2n) is 5.06. The van der Waals surface area contributed by atoms with Crippen molar-refractivity contribution in [3.05, 3.63) is 0 Å². The van der Waals surface area contributed by atoms with Crippen LogP contribution in [0.15, 0.2) is 0 Å². The molecule has 1 unspecified atom stereocenters. The molecule has 1 aliphatic heterocycles. The summed E-state index contributed by atoms with van der Waals surface area (Å²) < 4.78 is 30.0. The summed E-state index contributed by atoms with van der Waals surface area (Å²) in [7, 11) is 0. The summed E-state index contributed by atoms with van der Waals surface area (Å²) in [6.07, 6.45) is -3.63. The molecule has 0 aromatic rings. The molecule has 1 aliphatic rings. The van der Waals surface area contributed by atoms with E-state index in [1.54, 1.807) is 20.8 Å². The minimum Gasteiger partial charge on any atom is -0.444 e. The number of rotatable bonds is 1. The first kappa shape index (κ1) is 13.2. The van der Waals surface area contributed by atoms with E-state index in [9.17, 15) is 18.7 Å². The Morgan fingerprint density at radius 3 is 2.44 bits per heavy atom. The molecule has 1 saturated heterocycles. The predicted octanol–water partition coefficient (Wildman–Crippen LogP) is 1.62. The van der Waals surface area contributed by atoms with Crippen LogP contribution < -0.4 is 0 Å². The molecule has 0 radical (unpaired) electrons. The van der Waals surface area contributed by atoms with Crippen LogP contribution in [0, 0.1) is 0 Å². The number of halogens is 2. The second kappa shape index (κ2) is 4.16. The first-order valence-electron chi connectivity index (χ1n) is 5.12. The Kier molecular flexibility index (Phi) is 3.42. The van der Waals surface area contributed by atoms with Crippen LogP contribution in [0.25, 0.3) is 0 Å². The molecule has 16 heavy (non-hydrogen) atoms. The number of carbonyl (C=O) groups excluding carboxylic acids is 1. The highest BCUT2D eigenvalue weighted by Gasteiger charge is 2.46. The van der Waals surface area contributed by atoms with E-state index in [-0.39, 0.29) is 19.5 Å². The summed E-state index contributed by atoms with van der Waals surface area (Å²) in [4.78, 5) is 12.6. The molecule has 1 fully saturated rings. The van der Waals surface area contributed by atoms with E-state index in [1.165, 1.54) is 0 Å². The van der Waals surface area contributed by atoms with Crippen molar-refractivity contribution in [1.82, 2.24) is 4.90 Å². The monoisotopic (exact) mass is 237 g/mol. The van der Waals surface area contributed by atoms with E-state index in [4.69, 9.17) is 4.74 Å². The third kappa shape index (κ3) is 3.04. The van der Waals surface area contributed by atoms with E-state index in [1.807, 2.05) is 0 Å². The predicted molar refractivity (Wildman–Crippen MR) is 53.4 cm³/mol. The van der Waals surface area contributed by atoms with Crippen molar-refractivity contribution in [3.63, 3.8) is 0 Å². The van der Waals surface area contributed by atoms with Crippen molar-refractivity contribution in [2.45, 2.75) is 44.8 Å². The molecule has 1 N–H and O–H groups in total. The van der Waals surface area contributed by atoms with Crippen LogP contribution in [0.1, 0.15) is 27.2 Å². The summed E-state index contributed by atoms with van der Waals surface area (Å²) in [6.45, 7) is 4.80. The molecule has 1 atom stereocenters. The number of aliphatic hydroxyl groups is 1. The van der Waals surface area contributed by atoms with Gasteiger partial charge < -0.3 is 14.7 Å². The van der Waals surface area contributed by atoms with Gasteiger partial charge in [0.05, 0.1) is 6.54 Å². The fourth-order valence-electron chi connectivity index (χ4n) is 1.48. The molecule has 4 nitrogen and oxygen atoms in total. The molecule has 94 valence electrons. The molecule has 0 saturated carbocycles. The van der Waals surface area contributed by atoms with Gasteiger partial charge in [0.1, 0.15) is 11.2 Å². The normalized spacial score (nSPS) is 26.3. The fraction of sp³-hybridized carbons (Fsp3) is 0.900. The van der Waals surface area contributed by atoms with Crippen LogP contribution in [0.4, 0.5) is 13.6 Å². The molecular formula is C10H17F2NO3. The molecule has 1 amide bonds. The quantitative estimate of drug-likeness (QED) is 0.754. The highest BCUT2D eigenvalue weighted by molar-refractivity contribution is 5.68. The Morgan fingerprint density at radius 1 is 1.50 bits per heavy atom. The van der Waals surface area contributed by atoms with Gasteiger partial charge in [0.25, 0.3) is 6.43 Å². The van der Waals surface area contributed by atoms with E-state index < -0.39 is 23.7 Å². The van der Waals surface area contributed by atoms with Gasteiger partial charge in [-0.25, -0.2) is 13.6 Å². The standard InChI is InChI=1S/C10H17F2NO3/c1-9(2,3)16-8(14)13-5-4-10(15,6-13)7(11)12/h7,15H,4-6H2,1-3H3. The van der Waals surface area contributed by atoms with Crippen molar-refractivity contribution in [1.29, 1.82) is 0 Å². The van der Waals surface area contributed by atoms with Crippen molar-refractivity contribution in [2.75, 3.05) is 13.1 Å². The summed E-state index contributed by atoms with van der Waals surface area (Å²) >= 11 is 0. The van der Waals surface area contributed by atoms with Gasteiger partial charge in [0, 0.05) is 13.0 Å². The Balaban J connectivity index is 2.57. The maximum atomic E-state index is 12.5. The number of β-amino-alcohol motifs (C(OH)–C–C–N with tert-alkyl or cyclic N) is 1. The molecule has 0 spiro atoms. The zero-order valence-electron chi connectivity index (χ0n) is 9.67. The maximum Gasteiger partial charge on any atom is 0.410 e. The lowest BCUT2D eigenvalue weighted by Crippen LogP contribution is -2.43. The van der Waals surface area contributed by atoms with Gasteiger partial charge in [0.2, 0.25) is 0 Å². The molecule has 0 bridgehead atoms. The number of hydrogen-bond donors (Lipinski definition) is 1. The lowest BCUT2D eigenvalue weighted by molar-refractivity contribution is -0.0871. The average molecular weight is 237 g/mol. The third-order valence-electron chi connectivity index (χ3n) is 2.34. The number of hydrogen-bond acceptors (Lipinski definition) is 3. The lowest BCUT2D eigenvalue weighted by Gasteiger charge is -2.25. The topological polar surface area (TPSA) is 49.8 Å². The van der Waals surface area contributed by atoms with Gasteiger partial charge >= 0.3 is 6.09 Å². The Morgan fingerprint density at radius 2 is 2.06 bits per heavy atom. The van der Waals surface area contributed by atoms with Gasteiger partial charge in [-0.2, -0.15) is 0 Å². The van der Waals surface area contributed by atoms with Crippen LogP contribution in [0.2, 0.25) is 0 Å². The SMILES string of the molecule is CC(C)(C)OC(=O)N1CCC(O)(C(F)F)C1. The van der Waals surface area contributed by atoms with Crippen LogP contribution in [-0.4, -0.2) is 46.8 Å². The van der Waals surface area contributed by atoms with Crippen LogP contribution >= 0.6 is 0 Å². The summed E-state index contributed by atoms with van der Waals surface area (Å²) in [5.74, 6) is 0. The minimum atomic E-state index is -2.85. The molecule has 0 aliphatic carbocycles. The van der Waals surface area contributed by atoms with Crippen molar-refractivity contribution in [2.24, 2.45) is 0 Å². The lowest BCUT2D eigenvalue weighted by atomic mass is 10.1. The highest BCUT2D eigenvalue weighted by atomic mass is 19.3. The zero-order chi connectivity index (χ0) is 12.6. The molecule has 1 rings (SSSR count). The van der Waals surface area contributed by atoms with Gasteiger partial charge in [-0.15, -0.1) is 0 Å². The van der Waals surface area contributed by atoms with E-state index in [2.05, 4.69) is 0 Å². The highest BCUT2D eigenvalue weighted by Crippen LogP contribution is 2.28. The molecular weight excluding hydrogens is 220 g/mol. The van der Waals surface area contributed by atoms with Crippen LogP contribution in [0.5, 0.6) is 0 Å². The molecule has 6 heteroatoms. The third-order valence-corrected chi connectivity index (χ3v) is 2.34. The molecule has 0 aromatic carbocycles. The van der Waals surface area contributed by atoms with E-state index in [0.29, 0.717) is 0 Å². The second-order valence-corrected chi connectivity index (χ2v) is 5.06. The number of amides is 1. The summed E-state index contributed by atoms with van der Waals surface area (Å²) in [6, 6.07) is 0. The van der Waals surface area contributed by atoms with Gasteiger partial charge in [0.15, 0.2) is 0 Å². The number of nitrogens with zero attached hydrogens (tertiary/aromatic N) is 1. The zero-order valence-corrected chi connectivity index (χ0v) is 9.67. The largest absolute Gasteiger partial charge is 0.444 e. The molecule has 0 aromatic heterocycles. The van der Waals surface area contributed by atoms with Gasteiger partial charge in [-0.3, -0.25) is 0 Å². The number of carbonyl (C=O) groups is 1. The van der Waals surface area contributed by atoms with Crippen LogP contribution in [-0.2, 0) is 4.74 Å². The van der Waals surface area contributed by atoms with E-state index >= 15 is 0 Å². The van der Waals surface area contributed by atoms with Crippen molar-refractivity contribution in [3.8, 4) is 0 Å². The van der Waals surface area contributed by atoms with Gasteiger partial charge in [-0.05, 0) is 20.8 Å². The average Bonchev–Trinajstić information content (AvgIpc) is 2.46. The maximum absolute atomic E-state index is 12.5. The van der Waals surface area contributed by atoms with Crippen molar-refractivity contribution >= 4 is 6.09 Å².